The highest BCUT2D eigenvalue weighted by Gasteiger charge is 2.44. The zero-order valence-electron chi connectivity index (χ0n) is 16.3. The van der Waals surface area contributed by atoms with E-state index >= 15 is 0 Å². The van der Waals surface area contributed by atoms with Gasteiger partial charge in [-0.05, 0) is 30.7 Å². The highest BCUT2D eigenvalue weighted by atomic mass is 32.1. The van der Waals surface area contributed by atoms with Crippen molar-refractivity contribution in [1.29, 1.82) is 0 Å². The molecule has 0 spiro atoms. The average molecular weight is 414 g/mol. The highest BCUT2D eigenvalue weighted by molar-refractivity contribution is 7.14. The highest BCUT2D eigenvalue weighted by Crippen LogP contribution is 2.41. The number of nitrogens with one attached hydrogen (secondary N) is 2. The largest absolute Gasteiger partial charge is 0.480 e. The quantitative estimate of drug-likeness (QED) is 0.682. The van der Waals surface area contributed by atoms with E-state index in [0.29, 0.717) is 28.9 Å². The Hall–Kier alpha value is -2.88. The molecule has 5 rings (SSSR count). The first-order chi connectivity index (χ1) is 14.1. The molecule has 0 radical (unpaired) electrons. The van der Waals surface area contributed by atoms with Gasteiger partial charge in [-0.25, -0.2) is 14.8 Å². The van der Waals surface area contributed by atoms with Gasteiger partial charge in [-0.2, -0.15) is 4.98 Å². The number of nitrogens with zero attached hydrogens (tertiary/aromatic N) is 5. The predicted octanol–water partition coefficient (Wildman–Crippen LogP) is 2.80. The van der Waals surface area contributed by atoms with Crippen LogP contribution in [0.1, 0.15) is 12.8 Å². The first-order valence-corrected chi connectivity index (χ1v) is 10.6. The summed E-state index contributed by atoms with van der Waals surface area (Å²) in [6.07, 6.45) is 5.63. The topological polar surface area (TPSA) is 99.3 Å². The third kappa shape index (κ3) is 3.27. The van der Waals surface area contributed by atoms with Crippen molar-refractivity contribution in [3.05, 3.63) is 24.0 Å². The Morgan fingerprint density at radius 2 is 2.14 bits per heavy atom. The van der Waals surface area contributed by atoms with Crippen LogP contribution in [0.3, 0.4) is 0 Å². The van der Waals surface area contributed by atoms with Crippen molar-refractivity contribution in [1.82, 2.24) is 24.8 Å². The number of fused-ring (bicyclic) bond motifs is 2. The molecule has 0 aromatic carbocycles. The SMILES string of the molecule is COc1csc(NC(=O)N2C[C@H]3C[C@H](N(C)c4ncnc5[nH]ccc45)C[C@H]3C2)n1. The number of ether oxygens (including phenoxy) is 1. The van der Waals surface area contributed by atoms with Crippen molar-refractivity contribution in [3.8, 4) is 5.88 Å². The van der Waals surface area contributed by atoms with Crippen LogP contribution in [0.4, 0.5) is 15.7 Å². The molecule has 1 aliphatic carbocycles. The molecule has 10 heteroatoms. The number of thiazole rings is 1. The van der Waals surface area contributed by atoms with Crippen molar-refractivity contribution in [3.63, 3.8) is 0 Å². The molecule has 2 N–H and O–H groups in total. The maximum Gasteiger partial charge on any atom is 0.323 e. The summed E-state index contributed by atoms with van der Waals surface area (Å²) in [4.78, 5) is 33.0. The van der Waals surface area contributed by atoms with Gasteiger partial charge in [-0.15, -0.1) is 11.3 Å². The van der Waals surface area contributed by atoms with Crippen LogP contribution in [0.2, 0.25) is 0 Å². The van der Waals surface area contributed by atoms with Gasteiger partial charge in [0, 0.05) is 32.4 Å². The molecule has 1 saturated carbocycles. The number of methoxy groups -OCH3 is 1. The lowest BCUT2D eigenvalue weighted by molar-refractivity contribution is 0.218. The summed E-state index contributed by atoms with van der Waals surface area (Å²) < 4.78 is 5.07. The Kier molecular flexibility index (Phi) is 4.50. The second kappa shape index (κ2) is 7.18. The molecule has 2 aliphatic rings. The fourth-order valence-corrected chi connectivity index (χ4v) is 5.29. The van der Waals surface area contributed by atoms with E-state index in [9.17, 15) is 4.79 Å². The number of amides is 2. The number of rotatable bonds is 4. The van der Waals surface area contributed by atoms with Crippen LogP contribution in [0.25, 0.3) is 11.0 Å². The Morgan fingerprint density at radius 1 is 1.34 bits per heavy atom. The monoisotopic (exact) mass is 413 g/mol. The third-order valence-electron chi connectivity index (χ3n) is 6.13. The van der Waals surface area contributed by atoms with Gasteiger partial charge in [-0.3, -0.25) is 5.32 Å². The number of carbonyl (C=O) groups excluding carboxylic acids is 1. The summed E-state index contributed by atoms with van der Waals surface area (Å²) in [5, 5.41) is 6.29. The maximum atomic E-state index is 12.6. The van der Waals surface area contributed by atoms with Crippen molar-refractivity contribution in [2.45, 2.75) is 18.9 Å². The zero-order valence-corrected chi connectivity index (χ0v) is 17.1. The van der Waals surface area contributed by atoms with Crippen LogP contribution in [-0.4, -0.2) is 64.2 Å². The molecule has 9 nitrogen and oxygen atoms in total. The van der Waals surface area contributed by atoms with Gasteiger partial charge in [0.1, 0.15) is 17.8 Å². The normalized spacial score (nSPS) is 23.4. The molecular weight excluding hydrogens is 390 g/mol. The number of aromatic amines is 1. The van der Waals surface area contributed by atoms with Gasteiger partial charge in [0.25, 0.3) is 0 Å². The van der Waals surface area contributed by atoms with Crippen LogP contribution < -0.4 is 15.0 Å². The molecular formula is C19H23N7O2S. The van der Waals surface area contributed by atoms with Gasteiger partial charge >= 0.3 is 6.03 Å². The lowest BCUT2D eigenvalue weighted by Crippen LogP contribution is -2.36. The number of aromatic nitrogens is 4. The van der Waals surface area contributed by atoms with E-state index in [1.54, 1.807) is 18.8 Å². The van der Waals surface area contributed by atoms with E-state index in [1.807, 2.05) is 17.2 Å². The van der Waals surface area contributed by atoms with Gasteiger partial charge < -0.3 is 19.5 Å². The summed E-state index contributed by atoms with van der Waals surface area (Å²) in [5.74, 6) is 2.52. The van der Waals surface area contributed by atoms with Crippen LogP contribution >= 0.6 is 11.3 Å². The van der Waals surface area contributed by atoms with Gasteiger partial charge in [0.2, 0.25) is 5.88 Å². The summed E-state index contributed by atoms with van der Waals surface area (Å²) in [6, 6.07) is 2.37. The first-order valence-electron chi connectivity index (χ1n) is 9.68. The van der Waals surface area contributed by atoms with Gasteiger partial charge in [0.05, 0.1) is 17.9 Å². The molecule has 0 bridgehead atoms. The van der Waals surface area contributed by atoms with Gasteiger partial charge in [0.15, 0.2) is 5.13 Å². The number of urea groups is 1. The van der Waals surface area contributed by atoms with Crippen LogP contribution in [-0.2, 0) is 0 Å². The molecule has 0 unspecified atom stereocenters. The molecule has 2 fully saturated rings. The minimum Gasteiger partial charge on any atom is -0.480 e. The predicted molar refractivity (Wildman–Crippen MR) is 112 cm³/mol. The lowest BCUT2D eigenvalue weighted by Gasteiger charge is -2.28. The molecule has 3 aromatic heterocycles. The summed E-state index contributed by atoms with van der Waals surface area (Å²) in [5.41, 5.74) is 0.863. The van der Waals surface area contributed by atoms with Crippen molar-refractivity contribution >= 4 is 39.4 Å². The second-order valence-corrected chi connectivity index (χ2v) is 8.58. The molecule has 2 amide bonds. The zero-order chi connectivity index (χ0) is 20.0. The van der Waals surface area contributed by atoms with Crippen molar-refractivity contribution in [2.24, 2.45) is 11.8 Å². The lowest BCUT2D eigenvalue weighted by atomic mass is 10.0. The van der Waals surface area contributed by atoms with Gasteiger partial charge in [-0.1, -0.05) is 0 Å². The molecule has 1 aliphatic heterocycles. The van der Waals surface area contributed by atoms with E-state index in [2.05, 4.69) is 37.2 Å². The van der Waals surface area contributed by atoms with E-state index in [4.69, 9.17) is 4.74 Å². The molecule has 4 heterocycles. The van der Waals surface area contributed by atoms with Crippen LogP contribution in [0.5, 0.6) is 5.88 Å². The van der Waals surface area contributed by atoms with E-state index < -0.39 is 0 Å². The van der Waals surface area contributed by atoms with E-state index in [1.165, 1.54) is 11.3 Å². The Morgan fingerprint density at radius 3 is 2.86 bits per heavy atom. The number of carbonyl (C=O) groups is 1. The van der Waals surface area contributed by atoms with Crippen LogP contribution in [0, 0.1) is 11.8 Å². The van der Waals surface area contributed by atoms with Crippen molar-refractivity contribution in [2.75, 3.05) is 37.5 Å². The summed E-state index contributed by atoms with van der Waals surface area (Å²) >= 11 is 1.37. The molecule has 1 saturated heterocycles. The summed E-state index contributed by atoms with van der Waals surface area (Å²) in [7, 11) is 3.68. The number of hydrogen-bond acceptors (Lipinski definition) is 7. The van der Waals surface area contributed by atoms with Crippen LogP contribution in [0.15, 0.2) is 24.0 Å². The minimum absolute atomic E-state index is 0.0776. The number of hydrogen-bond donors (Lipinski definition) is 2. The Labute approximate surface area is 172 Å². The Balaban J connectivity index is 1.21. The first kappa shape index (κ1) is 18.2. The third-order valence-corrected chi connectivity index (χ3v) is 6.87. The number of likely N-dealkylation sites (tertiary alicyclic amines) is 1. The Bertz CT molecular complexity index is 1020. The number of H-pyrrole nitrogens is 1. The fourth-order valence-electron chi connectivity index (χ4n) is 4.64. The number of anilines is 2. The second-order valence-electron chi connectivity index (χ2n) is 7.72. The summed E-state index contributed by atoms with van der Waals surface area (Å²) in [6.45, 7) is 1.57. The smallest absolute Gasteiger partial charge is 0.323 e. The van der Waals surface area contributed by atoms with E-state index in [-0.39, 0.29) is 6.03 Å². The minimum atomic E-state index is -0.0776. The molecule has 3 atom stereocenters. The fraction of sp³-hybridized carbons (Fsp3) is 0.474. The standard InChI is InChI=1S/C19H23N7O2S/c1-25(17-14-3-4-20-16(14)21-10-22-17)13-5-11-7-26(8-12(11)6-13)19(27)24-18-23-15(28-2)9-29-18/h3-4,9-13H,5-8H2,1-2H3,(H,20,21,22)(H,23,24,27)/t11-,12+,13+. The van der Waals surface area contributed by atoms with Crippen molar-refractivity contribution < 1.29 is 9.53 Å². The average Bonchev–Trinajstić information content (AvgIpc) is 3.48. The molecule has 29 heavy (non-hydrogen) atoms. The molecule has 152 valence electrons. The molecule has 3 aromatic rings. The van der Waals surface area contributed by atoms with E-state index in [0.717, 1.165) is 42.8 Å². The maximum absolute atomic E-state index is 12.6.